The minimum absolute atomic E-state index is 0.323. The predicted octanol–water partition coefficient (Wildman–Crippen LogP) is 4.73. The molecule has 1 heterocycles. The Morgan fingerprint density at radius 3 is 2.76 bits per heavy atom. The van der Waals surface area contributed by atoms with Crippen molar-refractivity contribution in [2.24, 2.45) is 11.8 Å². The largest absolute Gasteiger partial charge is 0.313 e. The van der Waals surface area contributed by atoms with Crippen LogP contribution in [0.1, 0.15) is 38.3 Å². The molecule has 21 heavy (non-hydrogen) atoms. The second-order valence-electron chi connectivity index (χ2n) is 6.39. The third kappa shape index (κ3) is 4.69. The summed E-state index contributed by atoms with van der Waals surface area (Å²) in [5.41, 5.74) is 1.20. The highest BCUT2D eigenvalue weighted by Gasteiger charge is 2.25. The van der Waals surface area contributed by atoms with Crippen LogP contribution in [0.15, 0.2) is 22.7 Å². The van der Waals surface area contributed by atoms with Gasteiger partial charge >= 0.3 is 0 Å². The fraction of sp³-hybridized carbons (Fsp3) is 0.647. The second kappa shape index (κ2) is 7.96. The molecule has 2 rings (SSSR count). The highest BCUT2D eigenvalue weighted by molar-refractivity contribution is 9.10. The molecule has 0 amide bonds. The molecule has 2 atom stereocenters. The Kier molecular flexibility index (Phi) is 6.54. The van der Waals surface area contributed by atoms with Crippen molar-refractivity contribution in [3.63, 3.8) is 0 Å². The quantitative estimate of drug-likeness (QED) is 0.775. The van der Waals surface area contributed by atoms with E-state index in [0.717, 1.165) is 34.3 Å². The average molecular weight is 374 g/mol. The number of benzene rings is 1. The first-order chi connectivity index (χ1) is 10.0. The molecule has 118 valence electrons. The van der Waals surface area contributed by atoms with Gasteiger partial charge in [-0.15, -0.1) is 0 Å². The zero-order valence-corrected chi connectivity index (χ0v) is 15.5. The standard InChI is InChI=1S/C17H26BrClN2/c1-12(2)13-6-8-21(11-13)9-7-17(20-3)15-5-4-14(18)10-16(15)19/h4-5,10,12-13,17,20H,6-9,11H2,1-3H3. The third-order valence-corrected chi connectivity index (χ3v) is 5.49. The van der Waals surface area contributed by atoms with Crippen LogP contribution in [-0.4, -0.2) is 31.6 Å². The van der Waals surface area contributed by atoms with Gasteiger partial charge in [-0.3, -0.25) is 0 Å². The number of halogens is 2. The number of hydrogen-bond acceptors (Lipinski definition) is 2. The monoisotopic (exact) mass is 372 g/mol. The van der Waals surface area contributed by atoms with E-state index in [2.05, 4.69) is 52.1 Å². The first-order valence-electron chi connectivity index (χ1n) is 7.85. The molecule has 0 aliphatic carbocycles. The second-order valence-corrected chi connectivity index (χ2v) is 7.71. The van der Waals surface area contributed by atoms with E-state index in [1.165, 1.54) is 25.1 Å². The van der Waals surface area contributed by atoms with Gasteiger partial charge in [0.1, 0.15) is 0 Å². The Balaban J connectivity index is 1.91. The van der Waals surface area contributed by atoms with Crippen LogP contribution in [0.5, 0.6) is 0 Å². The number of nitrogens with zero attached hydrogens (tertiary/aromatic N) is 1. The Bertz CT molecular complexity index is 464. The lowest BCUT2D eigenvalue weighted by Crippen LogP contribution is -2.27. The van der Waals surface area contributed by atoms with Crippen molar-refractivity contribution >= 4 is 27.5 Å². The van der Waals surface area contributed by atoms with Gasteiger partial charge < -0.3 is 10.2 Å². The lowest BCUT2D eigenvalue weighted by Gasteiger charge is -2.23. The summed E-state index contributed by atoms with van der Waals surface area (Å²) in [6, 6.07) is 6.49. The summed E-state index contributed by atoms with van der Waals surface area (Å²) in [6.45, 7) is 8.31. The van der Waals surface area contributed by atoms with E-state index < -0.39 is 0 Å². The van der Waals surface area contributed by atoms with Crippen LogP contribution < -0.4 is 5.32 Å². The zero-order chi connectivity index (χ0) is 15.4. The maximum Gasteiger partial charge on any atom is 0.0465 e. The molecule has 1 aliphatic heterocycles. The number of nitrogens with one attached hydrogen (secondary N) is 1. The Morgan fingerprint density at radius 2 is 2.19 bits per heavy atom. The van der Waals surface area contributed by atoms with E-state index in [4.69, 9.17) is 11.6 Å². The molecular formula is C17H26BrClN2. The number of rotatable bonds is 6. The maximum atomic E-state index is 6.38. The SMILES string of the molecule is CNC(CCN1CCC(C(C)C)C1)c1ccc(Br)cc1Cl. The van der Waals surface area contributed by atoms with Gasteiger partial charge in [-0.1, -0.05) is 47.4 Å². The minimum atomic E-state index is 0.323. The molecule has 1 aromatic carbocycles. The summed E-state index contributed by atoms with van der Waals surface area (Å²) in [7, 11) is 2.02. The Morgan fingerprint density at radius 1 is 1.43 bits per heavy atom. The fourth-order valence-corrected chi connectivity index (χ4v) is 3.97. The summed E-state index contributed by atoms with van der Waals surface area (Å²) in [5, 5.41) is 4.25. The molecule has 2 nitrogen and oxygen atoms in total. The van der Waals surface area contributed by atoms with Gasteiger partial charge in [0.15, 0.2) is 0 Å². The fourth-order valence-electron chi connectivity index (χ4n) is 3.16. The van der Waals surface area contributed by atoms with E-state index in [-0.39, 0.29) is 0 Å². The first-order valence-corrected chi connectivity index (χ1v) is 9.03. The molecule has 1 N–H and O–H groups in total. The zero-order valence-electron chi connectivity index (χ0n) is 13.2. The van der Waals surface area contributed by atoms with Gasteiger partial charge in [0, 0.05) is 22.1 Å². The molecule has 0 saturated carbocycles. The summed E-state index contributed by atoms with van der Waals surface area (Å²) >= 11 is 9.85. The molecule has 0 bridgehead atoms. The van der Waals surface area contributed by atoms with Crippen LogP contribution in [0.3, 0.4) is 0 Å². The Labute approximate surface area is 142 Å². The Hall–Kier alpha value is -0.0900. The normalized spacial score (nSPS) is 21.1. The van der Waals surface area contributed by atoms with Crippen molar-refractivity contribution in [2.45, 2.75) is 32.7 Å². The first kappa shape index (κ1) is 17.3. The van der Waals surface area contributed by atoms with Crippen LogP contribution >= 0.6 is 27.5 Å². The molecule has 1 aromatic rings. The average Bonchev–Trinajstić information content (AvgIpc) is 2.90. The van der Waals surface area contributed by atoms with Crippen LogP contribution in [0.4, 0.5) is 0 Å². The van der Waals surface area contributed by atoms with E-state index in [0.29, 0.717) is 6.04 Å². The summed E-state index contributed by atoms with van der Waals surface area (Å²) in [5.74, 6) is 1.67. The molecule has 1 saturated heterocycles. The van der Waals surface area contributed by atoms with Crippen LogP contribution in [0.25, 0.3) is 0 Å². The highest BCUT2D eigenvalue weighted by atomic mass is 79.9. The van der Waals surface area contributed by atoms with Crippen molar-refractivity contribution in [2.75, 3.05) is 26.7 Å². The number of hydrogen-bond donors (Lipinski definition) is 1. The third-order valence-electron chi connectivity index (χ3n) is 4.67. The molecule has 2 unspecified atom stereocenters. The van der Waals surface area contributed by atoms with Gasteiger partial charge in [-0.05, 0) is 62.5 Å². The minimum Gasteiger partial charge on any atom is -0.313 e. The number of likely N-dealkylation sites (tertiary alicyclic amines) is 1. The van der Waals surface area contributed by atoms with Crippen LogP contribution in [0, 0.1) is 11.8 Å². The van der Waals surface area contributed by atoms with E-state index in [9.17, 15) is 0 Å². The van der Waals surface area contributed by atoms with Gasteiger partial charge in [-0.2, -0.15) is 0 Å². The van der Waals surface area contributed by atoms with Crippen LogP contribution in [0.2, 0.25) is 5.02 Å². The van der Waals surface area contributed by atoms with Crippen molar-refractivity contribution in [1.82, 2.24) is 10.2 Å². The van der Waals surface area contributed by atoms with Crippen molar-refractivity contribution in [1.29, 1.82) is 0 Å². The smallest absolute Gasteiger partial charge is 0.0465 e. The van der Waals surface area contributed by atoms with Gasteiger partial charge in [-0.25, -0.2) is 0 Å². The van der Waals surface area contributed by atoms with E-state index >= 15 is 0 Å². The molecule has 0 radical (unpaired) electrons. The lowest BCUT2D eigenvalue weighted by molar-refractivity contribution is 0.287. The van der Waals surface area contributed by atoms with Gasteiger partial charge in [0.2, 0.25) is 0 Å². The van der Waals surface area contributed by atoms with Gasteiger partial charge in [0.05, 0.1) is 0 Å². The molecular weight excluding hydrogens is 348 g/mol. The maximum absolute atomic E-state index is 6.38. The van der Waals surface area contributed by atoms with Gasteiger partial charge in [0.25, 0.3) is 0 Å². The molecule has 1 aliphatic rings. The summed E-state index contributed by atoms with van der Waals surface area (Å²) < 4.78 is 1.03. The summed E-state index contributed by atoms with van der Waals surface area (Å²) in [4.78, 5) is 2.60. The highest BCUT2D eigenvalue weighted by Crippen LogP contribution is 2.29. The van der Waals surface area contributed by atoms with E-state index in [1.807, 2.05) is 13.1 Å². The lowest BCUT2D eigenvalue weighted by atomic mass is 9.95. The summed E-state index contributed by atoms with van der Waals surface area (Å²) in [6.07, 6.45) is 2.45. The topological polar surface area (TPSA) is 15.3 Å². The van der Waals surface area contributed by atoms with Crippen molar-refractivity contribution in [3.8, 4) is 0 Å². The van der Waals surface area contributed by atoms with Crippen molar-refractivity contribution in [3.05, 3.63) is 33.3 Å². The van der Waals surface area contributed by atoms with E-state index in [1.54, 1.807) is 0 Å². The molecule has 4 heteroatoms. The van der Waals surface area contributed by atoms with Crippen molar-refractivity contribution < 1.29 is 0 Å². The molecule has 0 spiro atoms. The predicted molar refractivity (Wildman–Crippen MR) is 95.0 cm³/mol. The van der Waals surface area contributed by atoms with Crippen LogP contribution in [-0.2, 0) is 0 Å². The molecule has 0 aromatic heterocycles. The molecule has 1 fully saturated rings.